The van der Waals surface area contributed by atoms with Crippen molar-refractivity contribution in [3.63, 3.8) is 0 Å². The van der Waals surface area contributed by atoms with Gasteiger partial charge in [0.15, 0.2) is 0 Å². The standard InChI is InChI=1S/C19H23N3O3S/c1-15(23)20-16-9-11-17(12-10-16)26(24,25)21-18-7-3-4-8-19(18)22-13-5-2-6-14-22/h3-4,7-12,21H,2,5-6,13-14H2,1H3,(H,20,23). The van der Waals surface area contributed by atoms with Gasteiger partial charge in [-0.15, -0.1) is 0 Å². The fraction of sp³-hybridized carbons (Fsp3) is 0.316. The lowest BCUT2D eigenvalue weighted by atomic mass is 10.1. The molecule has 0 atom stereocenters. The van der Waals surface area contributed by atoms with Gasteiger partial charge in [0.1, 0.15) is 0 Å². The van der Waals surface area contributed by atoms with Crippen molar-refractivity contribution in [1.82, 2.24) is 0 Å². The zero-order chi connectivity index (χ0) is 18.6. The molecule has 1 aliphatic rings. The SMILES string of the molecule is CC(=O)Nc1ccc(S(=O)(=O)Nc2ccccc2N2CCCCC2)cc1. The molecule has 0 aromatic heterocycles. The predicted molar refractivity (Wildman–Crippen MR) is 104 cm³/mol. The molecule has 1 aliphatic heterocycles. The summed E-state index contributed by atoms with van der Waals surface area (Å²) in [5.41, 5.74) is 2.05. The molecule has 0 saturated carbocycles. The summed E-state index contributed by atoms with van der Waals surface area (Å²) in [7, 11) is -3.71. The highest BCUT2D eigenvalue weighted by Crippen LogP contribution is 2.30. The Balaban J connectivity index is 1.82. The second-order valence-corrected chi connectivity index (χ2v) is 8.06. The van der Waals surface area contributed by atoms with Crippen molar-refractivity contribution in [3.05, 3.63) is 48.5 Å². The molecule has 0 radical (unpaired) electrons. The number of hydrogen-bond acceptors (Lipinski definition) is 4. The van der Waals surface area contributed by atoms with Gasteiger partial charge in [0.2, 0.25) is 5.91 Å². The van der Waals surface area contributed by atoms with Crippen LogP contribution < -0.4 is 14.9 Å². The van der Waals surface area contributed by atoms with Crippen LogP contribution in [0.1, 0.15) is 26.2 Å². The summed E-state index contributed by atoms with van der Waals surface area (Å²) < 4.78 is 28.2. The number of carbonyl (C=O) groups is 1. The smallest absolute Gasteiger partial charge is 0.261 e. The fourth-order valence-corrected chi connectivity index (χ4v) is 4.17. The number of hydrogen-bond donors (Lipinski definition) is 2. The van der Waals surface area contributed by atoms with Gasteiger partial charge < -0.3 is 10.2 Å². The third-order valence-electron chi connectivity index (χ3n) is 4.33. The zero-order valence-corrected chi connectivity index (χ0v) is 15.6. The molecule has 2 aromatic rings. The largest absolute Gasteiger partial charge is 0.370 e. The Hall–Kier alpha value is -2.54. The highest BCUT2D eigenvalue weighted by Gasteiger charge is 2.19. The van der Waals surface area contributed by atoms with Crippen LogP contribution in [-0.4, -0.2) is 27.4 Å². The molecule has 0 aliphatic carbocycles. The van der Waals surface area contributed by atoms with Gasteiger partial charge in [-0.2, -0.15) is 0 Å². The number of nitrogens with one attached hydrogen (secondary N) is 2. The molecule has 2 aromatic carbocycles. The molecule has 2 N–H and O–H groups in total. The summed E-state index contributed by atoms with van der Waals surface area (Å²) >= 11 is 0. The van der Waals surface area contributed by atoms with Crippen LogP contribution in [0.25, 0.3) is 0 Å². The van der Waals surface area contributed by atoms with Gasteiger partial charge >= 0.3 is 0 Å². The van der Waals surface area contributed by atoms with E-state index in [0.717, 1.165) is 31.6 Å². The minimum atomic E-state index is -3.71. The third-order valence-corrected chi connectivity index (χ3v) is 5.71. The predicted octanol–water partition coefficient (Wildman–Crippen LogP) is 3.44. The summed E-state index contributed by atoms with van der Waals surface area (Å²) in [5.74, 6) is -0.200. The van der Waals surface area contributed by atoms with E-state index in [4.69, 9.17) is 0 Å². The van der Waals surface area contributed by atoms with Crippen LogP contribution in [0, 0.1) is 0 Å². The average molecular weight is 373 g/mol. The molecule has 1 saturated heterocycles. The van der Waals surface area contributed by atoms with Crippen LogP contribution in [0.2, 0.25) is 0 Å². The first-order valence-corrected chi connectivity index (χ1v) is 10.2. The number of rotatable bonds is 5. The second kappa shape index (κ2) is 7.78. The first-order chi connectivity index (χ1) is 12.5. The van der Waals surface area contributed by atoms with Crippen LogP contribution in [0.3, 0.4) is 0 Å². The summed E-state index contributed by atoms with van der Waals surface area (Å²) in [5, 5.41) is 2.62. The van der Waals surface area contributed by atoms with E-state index < -0.39 is 10.0 Å². The lowest BCUT2D eigenvalue weighted by Crippen LogP contribution is -2.30. The second-order valence-electron chi connectivity index (χ2n) is 6.38. The van der Waals surface area contributed by atoms with Crippen molar-refractivity contribution in [2.75, 3.05) is 28.0 Å². The maximum absolute atomic E-state index is 12.8. The number of amides is 1. The van der Waals surface area contributed by atoms with E-state index in [9.17, 15) is 13.2 Å². The van der Waals surface area contributed by atoms with Crippen molar-refractivity contribution in [2.24, 2.45) is 0 Å². The molecular formula is C19H23N3O3S. The molecule has 3 rings (SSSR count). The van der Waals surface area contributed by atoms with Crippen molar-refractivity contribution in [3.8, 4) is 0 Å². The molecule has 7 heteroatoms. The molecule has 1 heterocycles. The van der Waals surface area contributed by atoms with Crippen molar-refractivity contribution in [1.29, 1.82) is 0 Å². The number of carbonyl (C=O) groups excluding carboxylic acids is 1. The first-order valence-electron chi connectivity index (χ1n) is 8.70. The van der Waals surface area contributed by atoms with Gasteiger partial charge in [-0.1, -0.05) is 12.1 Å². The summed E-state index contributed by atoms with van der Waals surface area (Å²) in [6.45, 7) is 3.28. The molecule has 0 bridgehead atoms. The maximum atomic E-state index is 12.8. The van der Waals surface area contributed by atoms with Crippen LogP contribution in [-0.2, 0) is 14.8 Å². The lowest BCUT2D eigenvalue weighted by molar-refractivity contribution is -0.114. The molecular weight excluding hydrogens is 350 g/mol. The van der Waals surface area contributed by atoms with E-state index in [-0.39, 0.29) is 10.8 Å². The van der Waals surface area contributed by atoms with E-state index in [1.165, 1.54) is 25.5 Å². The Bertz CT molecular complexity index is 873. The van der Waals surface area contributed by atoms with E-state index >= 15 is 0 Å². The van der Waals surface area contributed by atoms with E-state index in [1.807, 2.05) is 18.2 Å². The monoisotopic (exact) mass is 373 g/mol. The van der Waals surface area contributed by atoms with Crippen LogP contribution in [0.5, 0.6) is 0 Å². The lowest BCUT2D eigenvalue weighted by Gasteiger charge is -2.30. The minimum absolute atomic E-state index is 0.153. The third kappa shape index (κ3) is 4.35. The van der Waals surface area contributed by atoms with E-state index in [2.05, 4.69) is 14.9 Å². The van der Waals surface area contributed by atoms with Crippen LogP contribution in [0.4, 0.5) is 17.1 Å². The minimum Gasteiger partial charge on any atom is -0.370 e. The van der Waals surface area contributed by atoms with Crippen LogP contribution >= 0.6 is 0 Å². The van der Waals surface area contributed by atoms with Gasteiger partial charge in [0, 0.05) is 25.7 Å². The molecule has 26 heavy (non-hydrogen) atoms. The van der Waals surface area contributed by atoms with E-state index in [0.29, 0.717) is 11.4 Å². The van der Waals surface area contributed by atoms with Gasteiger partial charge in [0.25, 0.3) is 10.0 Å². The number of anilines is 3. The van der Waals surface area contributed by atoms with Crippen molar-refractivity contribution in [2.45, 2.75) is 31.1 Å². The van der Waals surface area contributed by atoms with Crippen molar-refractivity contribution >= 4 is 33.0 Å². The molecule has 0 unspecified atom stereocenters. The molecule has 6 nitrogen and oxygen atoms in total. The molecule has 1 fully saturated rings. The highest BCUT2D eigenvalue weighted by atomic mass is 32.2. The van der Waals surface area contributed by atoms with Gasteiger partial charge in [0.05, 0.1) is 16.3 Å². The Morgan fingerprint density at radius 1 is 0.962 bits per heavy atom. The van der Waals surface area contributed by atoms with Crippen molar-refractivity contribution < 1.29 is 13.2 Å². The highest BCUT2D eigenvalue weighted by molar-refractivity contribution is 7.92. The molecule has 0 spiro atoms. The average Bonchev–Trinajstić information content (AvgIpc) is 2.62. The summed E-state index contributed by atoms with van der Waals surface area (Å²) in [4.78, 5) is 13.5. The Kier molecular flexibility index (Phi) is 5.46. The molecule has 138 valence electrons. The first kappa shape index (κ1) is 18.3. The van der Waals surface area contributed by atoms with Gasteiger partial charge in [-0.05, 0) is 55.7 Å². The number of benzene rings is 2. The zero-order valence-electron chi connectivity index (χ0n) is 14.7. The number of nitrogens with zero attached hydrogens (tertiary/aromatic N) is 1. The fourth-order valence-electron chi connectivity index (χ4n) is 3.09. The summed E-state index contributed by atoms with van der Waals surface area (Å²) in [6.07, 6.45) is 3.45. The topological polar surface area (TPSA) is 78.5 Å². The molecule has 1 amide bonds. The van der Waals surface area contributed by atoms with E-state index in [1.54, 1.807) is 18.2 Å². The van der Waals surface area contributed by atoms with Crippen LogP contribution in [0.15, 0.2) is 53.4 Å². The number of para-hydroxylation sites is 2. The van der Waals surface area contributed by atoms with Gasteiger partial charge in [-0.3, -0.25) is 9.52 Å². The Morgan fingerprint density at radius 2 is 1.62 bits per heavy atom. The Morgan fingerprint density at radius 3 is 2.27 bits per heavy atom. The quantitative estimate of drug-likeness (QED) is 0.842. The normalized spacial score (nSPS) is 14.7. The summed E-state index contributed by atoms with van der Waals surface area (Å²) in [6, 6.07) is 13.6. The number of sulfonamides is 1. The Labute approximate surface area is 154 Å². The maximum Gasteiger partial charge on any atom is 0.261 e. The van der Waals surface area contributed by atoms with Gasteiger partial charge in [-0.25, -0.2) is 8.42 Å². The number of piperidine rings is 1.